The monoisotopic (exact) mass is 373 g/mol. The molecule has 0 aliphatic heterocycles. The van der Waals surface area contributed by atoms with E-state index >= 15 is 0 Å². The summed E-state index contributed by atoms with van der Waals surface area (Å²) in [5.41, 5.74) is 1.68. The van der Waals surface area contributed by atoms with E-state index in [4.69, 9.17) is 4.74 Å². The highest BCUT2D eigenvalue weighted by Crippen LogP contribution is 2.20. The standard InChI is InChI=1S/C20H23NO4S/c1-4-18(15-9-12-17(13-10-15)26(3,23)24)21-20(22)14-11-16-7-5-6-8-19(16)25-2/h5-14,18H,4H2,1-3H3,(H,21,22)/b14-11+. The van der Waals surface area contributed by atoms with Gasteiger partial charge in [-0.1, -0.05) is 37.3 Å². The first kappa shape index (κ1) is 19.7. The Morgan fingerprint density at radius 2 is 1.81 bits per heavy atom. The van der Waals surface area contributed by atoms with Crippen LogP contribution in [0.5, 0.6) is 5.75 Å². The Kier molecular flexibility index (Phi) is 6.58. The van der Waals surface area contributed by atoms with Gasteiger partial charge in [-0.3, -0.25) is 4.79 Å². The smallest absolute Gasteiger partial charge is 0.244 e. The lowest BCUT2D eigenvalue weighted by Crippen LogP contribution is -2.26. The molecule has 2 aromatic carbocycles. The second kappa shape index (κ2) is 8.67. The molecular formula is C20H23NO4S. The average Bonchev–Trinajstić information content (AvgIpc) is 2.64. The summed E-state index contributed by atoms with van der Waals surface area (Å²) < 4.78 is 28.3. The van der Waals surface area contributed by atoms with Crippen LogP contribution in [0.25, 0.3) is 6.08 Å². The van der Waals surface area contributed by atoms with Gasteiger partial charge in [-0.25, -0.2) is 8.42 Å². The molecule has 0 saturated heterocycles. The molecule has 2 aromatic rings. The molecule has 1 amide bonds. The van der Waals surface area contributed by atoms with Crippen molar-refractivity contribution in [2.24, 2.45) is 0 Å². The number of hydrogen-bond donors (Lipinski definition) is 1. The first-order valence-electron chi connectivity index (χ1n) is 8.26. The molecule has 0 fully saturated rings. The molecule has 0 saturated carbocycles. The zero-order chi connectivity index (χ0) is 19.2. The predicted molar refractivity (Wildman–Crippen MR) is 103 cm³/mol. The Bertz CT molecular complexity index is 886. The summed E-state index contributed by atoms with van der Waals surface area (Å²) in [7, 11) is -1.65. The van der Waals surface area contributed by atoms with Crippen molar-refractivity contribution in [3.8, 4) is 5.75 Å². The highest BCUT2D eigenvalue weighted by atomic mass is 32.2. The highest BCUT2D eigenvalue weighted by Gasteiger charge is 2.13. The quantitative estimate of drug-likeness (QED) is 0.755. The summed E-state index contributed by atoms with van der Waals surface area (Å²) in [4.78, 5) is 12.5. The van der Waals surface area contributed by atoms with Gasteiger partial charge in [0.15, 0.2) is 9.84 Å². The van der Waals surface area contributed by atoms with Crippen LogP contribution < -0.4 is 10.1 Å². The van der Waals surface area contributed by atoms with Crippen LogP contribution in [-0.2, 0) is 14.6 Å². The Labute approximate surface area is 154 Å². The van der Waals surface area contributed by atoms with Crippen LogP contribution in [0.1, 0.15) is 30.5 Å². The largest absolute Gasteiger partial charge is 0.496 e. The average molecular weight is 373 g/mol. The Hall–Kier alpha value is -2.60. The van der Waals surface area contributed by atoms with Crippen molar-refractivity contribution in [1.29, 1.82) is 0 Å². The maximum atomic E-state index is 12.3. The van der Waals surface area contributed by atoms with Gasteiger partial charge in [-0.15, -0.1) is 0 Å². The zero-order valence-electron chi connectivity index (χ0n) is 15.1. The number of methoxy groups -OCH3 is 1. The van der Waals surface area contributed by atoms with Gasteiger partial charge < -0.3 is 10.1 Å². The van der Waals surface area contributed by atoms with Gasteiger partial charge in [0.1, 0.15) is 5.75 Å². The lowest BCUT2D eigenvalue weighted by Gasteiger charge is -2.16. The van der Waals surface area contributed by atoms with Gasteiger partial charge in [0.25, 0.3) is 0 Å². The lowest BCUT2D eigenvalue weighted by molar-refractivity contribution is -0.117. The van der Waals surface area contributed by atoms with Crippen molar-refractivity contribution < 1.29 is 17.9 Å². The number of carbonyl (C=O) groups is 1. The van der Waals surface area contributed by atoms with Gasteiger partial charge in [0.05, 0.1) is 18.0 Å². The molecule has 1 atom stereocenters. The molecule has 2 rings (SSSR count). The molecule has 0 spiro atoms. The molecule has 0 aromatic heterocycles. The van der Waals surface area contributed by atoms with Crippen molar-refractivity contribution >= 4 is 21.8 Å². The van der Waals surface area contributed by atoms with E-state index in [1.54, 1.807) is 37.5 Å². The number of hydrogen-bond acceptors (Lipinski definition) is 4. The van der Waals surface area contributed by atoms with Crippen molar-refractivity contribution in [1.82, 2.24) is 5.32 Å². The van der Waals surface area contributed by atoms with E-state index in [0.717, 1.165) is 11.1 Å². The molecule has 1 N–H and O–H groups in total. The number of para-hydroxylation sites is 1. The zero-order valence-corrected chi connectivity index (χ0v) is 15.9. The fraction of sp³-hybridized carbons (Fsp3) is 0.250. The molecule has 5 nitrogen and oxygen atoms in total. The van der Waals surface area contributed by atoms with Crippen LogP contribution in [0.15, 0.2) is 59.5 Å². The van der Waals surface area contributed by atoms with E-state index < -0.39 is 9.84 Å². The molecule has 0 bridgehead atoms. The van der Waals surface area contributed by atoms with Crippen LogP contribution in [0.3, 0.4) is 0 Å². The van der Waals surface area contributed by atoms with Crippen molar-refractivity contribution in [3.05, 3.63) is 65.7 Å². The molecule has 6 heteroatoms. The number of nitrogens with one attached hydrogen (secondary N) is 1. The maximum absolute atomic E-state index is 12.3. The third kappa shape index (κ3) is 5.20. The number of amides is 1. The van der Waals surface area contributed by atoms with E-state index in [0.29, 0.717) is 12.2 Å². The van der Waals surface area contributed by atoms with E-state index in [9.17, 15) is 13.2 Å². The Morgan fingerprint density at radius 3 is 2.38 bits per heavy atom. The molecule has 0 aliphatic rings. The minimum atomic E-state index is -3.23. The van der Waals surface area contributed by atoms with Crippen molar-refractivity contribution in [2.45, 2.75) is 24.3 Å². The third-order valence-corrected chi connectivity index (χ3v) is 5.12. The van der Waals surface area contributed by atoms with Gasteiger partial charge >= 0.3 is 0 Å². The van der Waals surface area contributed by atoms with Gasteiger partial charge in [-0.05, 0) is 36.3 Å². The fourth-order valence-corrected chi connectivity index (χ4v) is 3.19. The first-order chi connectivity index (χ1) is 12.3. The van der Waals surface area contributed by atoms with Crippen LogP contribution >= 0.6 is 0 Å². The summed E-state index contributed by atoms with van der Waals surface area (Å²) in [5, 5.41) is 2.93. The maximum Gasteiger partial charge on any atom is 0.244 e. The third-order valence-electron chi connectivity index (χ3n) is 3.99. The van der Waals surface area contributed by atoms with Gasteiger partial charge in [0.2, 0.25) is 5.91 Å². The molecule has 138 valence electrons. The normalized spacial score (nSPS) is 12.7. The van der Waals surface area contributed by atoms with Crippen LogP contribution in [0, 0.1) is 0 Å². The fourth-order valence-electron chi connectivity index (χ4n) is 2.56. The minimum Gasteiger partial charge on any atom is -0.496 e. The predicted octanol–water partition coefficient (Wildman–Crippen LogP) is 3.38. The Morgan fingerprint density at radius 1 is 1.15 bits per heavy atom. The van der Waals surface area contributed by atoms with E-state index in [1.165, 1.54) is 12.3 Å². The lowest BCUT2D eigenvalue weighted by atomic mass is 10.0. The summed E-state index contributed by atoms with van der Waals surface area (Å²) in [6.07, 6.45) is 5.02. The summed E-state index contributed by atoms with van der Waals surface area (Å²) in [6, 6.07) is 13.8. The number of ether oxygens (including phenoxy) is 1. The van der Waals surface area contributed by atoms with E-state index in [-0.39, 0.29) is 16.8 Å². The SMILES string of the molecule is CCC(NC(=O)/C=C/c1ccccc1OC)c1ccc(S(C)(=O)=O)cc1. The highest BCUT2D eigenvalue weighted by molar-refractivity contribution is 7.90. The molecule has 0 heterocycles. The van der Waals surface area contributed by atoms with Crippen molar-refractivity contribution in [3.63, 3.8) is 0 Å². The Balaban J connectivity index is 2.09. The first-order valence-corrected chi connectivity index (χ1v) is 10.2. The van der Waals surface area contributed by atoms with Gasteiger partial charge in [-0.2, -0.15) is 0 Å². The number of benzene rings is 2. The van der Waals surface area contributed by atoms with Crippen molar-refractivity contribution in [2.75, 3.05) is 13.4 Å². The summed E-state index contributed by atoms with van der Waals surface area (Å²) in [6.45, 7) is 1.96. The van der Waals surface area contributed by atoms with Crippen LogP contribution in [0.4, 0.5) is 0 Å². The van der Waals surface area contributed by atoms with E-state index in [1.807, 2.05) is 31.2 Å². The summed E-state index contributed by atoms with van der Waals surface area (Å²) in [5.74, 6) is 0.468. The number of carbonyl (C=O) groups excluding carboxylic acids is 1. The molecule has 1 unspecified atom stereocenters. The number of sulfone groups is 1. The van der Waals surface area contributed by atoms with Gasteiger partial charge in [0, 0.05) is 17.9 Å². The second-order valence-electron chi connectivity index (χ2n) is 5.89. The van der Waals surface area contributed by atoms with Crippen LogP contribution in [0.2, 0.25) is 0 Å². The molecule has 0 radical (unpaired) electrons. The topological polar surface area (TPSA) is 72.5 Å². The molecular weight excluding hydrogens is 350 g/mol. The summed E-state index contributed by atoms with van der Waals surface area (Å²) >= 11 is 0. The molecule has 0 aliphatic carbocycles. The molecule has 26 heavy (non-hydrogen) atoms. The van der Waals surface area contributed by atoms with E-state index in [2.05, 4.69) is 5.32 Å². The second-order valence-corrected chi connectivity index (χ2v) is 7.90. The number of rotatable bonds is 7. The minimum absolute atomic E-state index is 0.196. The van der Waals surface area contributed by atoms with Crippen LogP contribution in [-0.4, -0.2) is 27.7 Å².